The van der Waals surface area contributed by atoms with Crippen LogP contribution in [0.25, 0.3) is 21.8 Å². The Labute approximate surface area is 354 Å². The number of piperidine rings is 1. The van der Waals surface area contributed by atoms with Crippen LogP contribution in [0.4, 0.5) is 18.9 Å². The number of nitrogens with zero attached hydrogens (tertiary/aromatic N) is 5. The van der Waals surface area contributed by atoms with Crippen LogP contribution in [-0.4, -0.2) is 105 Å². The van der Waals surface area contributed by atoms with Crippen molar-refractivity contribution in [3.05, 3.63) is 111 Å². The summed E-state index contributed by atoms with van der Waals surface area (Å²) in [5.74, 6) is -1.14. The zero-order chi connectivity index (χ0) is 43.1. The van der Waals surface area contributed by atoms with Crippen LogP contribution in [-0.2, 0) is 33.5 Å². The lowest BCUT2D eigenvalue weighted by molar-refractivity contribution is -0.141. The van der Waals surface area contributed by atoms with E-state index in [4.69, 9.17) is 16.3 Å². The molecule has 0 saturated carbocycles. The SMILES string of the molecule is O=C(CCN1CCOCC1)Nc1ccc2c(=O)n(CC3(O)CCN(C(=O)C(CCCNC(=O)c4ccc5c(Cl)cc(C(F)(F)F)nc5c4)Cc4ccccc4)CC3)cnc2c1. The van der Waals surface area contributed by atoms with Gasteiger partial charge in [0.2, 0.25) is 11.8 Å². The van der Waals surface area contributed by atoms with Gasteiger partial charge in [-0.3, -0.25) is 28.6 Å². The topological polar surface area (TPSA) is 159 Å². The molecule has 0 spiro atoms. The van der Waals surface area contributed by atoms with Gasteiger partial charge in [-0.15, -0.1) is 0 Å². The lowest BCUT2D eigenvalue weighted by Crippen LogP contribution is -2.51. The number of amides is 3. The van der Waals surface area contributed by atoms with Crippen molar-refractivity contribution < 1.29 is 37.4 Å². The summed E-state index contributed by atoms with van der Waals surface area (Å²) in [7, 11) is 0. The van der Waals surface area contributed by atoms with Crippen LogP contribution >= 0.6 is 11.6 Å². The first-order valence-electron chi connectivity index (χ1n) is 20.3. The minimum atomic E-state index is -4.70. The maximum absolute atomic E-state index is 14.0. The van der Waals surface area contributed by atoms with E-state index in [1.807, 2.05) is 30.3 Å². The van der Waals surface area contributed by atoms with Gasteiger partial charge in [0.05, 0.1) is 53.1 Å². The zero-order valence-corrected chi connectivity index (χ0v) is 34.2. The molecule has 3 aromatic carbocycles. The Bertz CT molecular complexity index is 2440. The third kappa shape index (κ3) is 11.1. The molecule has 0 radical (unpaired) electrons. The molecular weight excluding hydrogens is 815 g/mol. The van der Waals surface area contributed by atoms with E-state index in [-0.39, 0.29) is 77.9 Å². The van der Waals surface area contributed by atoms with Crippen LogP contribution in [0.3, 0.4) is 0 Å². The van der Waals surface area contributed by atoms with Gasteiger partial charge in [-0.1, -0.05) is 48.0 Å². The summed E-state index contributed by atoms with van der Waals surface area (Å²) in [5, 5.41) is 17.8. The highest BCUT2D eigenvalue weighted by Crippen LogP contribution is 2.33. The maximum atomic E-state index is 14.0. The minimum absolute atomic E-state index is 0.00618. The summed E-state index contributed by atoms with van der Waals surface area (Å²) in [6, 6.07) is 19.5. The van der Waals surface area contributed by atoms with E-state index in [2.05, 4.69) is 25.5 Å². The second-order valence-electron chi connectivity index (χ2n) is 15.7. The number of rotatable bonds is 14. The van der Waals surface area contributed by atoms with Crippen molar-refractivity contribution in [1.29, 1.82) is 0 Å². The number of hydrogen-bond acceptors (Lipinski definition) is 9. The van der Waals surface area contributed by atoms with E-state index in [9.17, 15) is 37.5 Å². The standard InChI is InChI=1S/C44H47ClF3N7O6/c45-35-26-38(44(46,47)48)52-37-24-30(8-10-33(35)37)40(57)49-15-4-7-31(23-29-5-2-1-3-6-29)41(58)54-17-13-43(60,14-18-54)27-55-28-50-36-25-32(9-11-34(36)42(55)59)51-39(56)12-16-53-19-21-61-22-20-53/h1-3,5-6,8-11,24-26,28,31,60H,4,7,12-23,27H2,(H,49,57)(H,51,56). The number of nitrogens with one attached hydrogen (secondary N) is 2. The Morgan fingerprint density at radius 2 is 1.67 bits per heavy atom. The smallest absolute Gasteiger partial charge is 0.388 e. The van der Waals surface area contributed by atoms with Crippen molar-refractivity contribution in [2.24, 2.45) is 5.92 Å². The summed E-state index contributed by atoms with van der Waals surface area (Å²) >= 11 is 6.07. The molecular formula is C44H47ClF3N7O6. The molecule has 7 rings (SSSR count). The highest BCUT2D eigenvalue weighted by molar-refractivity contribution is 6.35. The monoisotopic (exact) mass is 861 g/mol. The maximum Gasteiger partial charge on any atom is 0.433 e. The number of aromatic nitrogens is 3. The predicted molar refractivity (Wildman–Crippen MR) is 224 cm³/mol. The fourth-order valence-electron chi connectivity index (χ4n) is 7.87. The van der Waals surface area contributed by atoms with Gasteiger partial charge in [-0.25, -0.2) is 9.97 Å². The summed E-state index contributed by atoms with van der Waals surface area (Å²) in [6.07, 6.45) is -1.14. The number of morpholine rings is 1. The fourth-order valence-corrected chi connectivity index (χ4v) is 8.13. The van der Waals surface area contributed by atoms with Gasteiger partial charge in [0, 0.05) is 68.2 Å². The number of carbonyl (C=O) groups is 3. The third-order valence-electron chi connectivity index (χ3n) is 11.3. The average Bonchev–Trinajstić information content (AvgIpc) is 3.25. The number of fused-ring (bicyclic) bond motifs is 2. The molecule has 3 N–H and O–H groups in total. The van der Waals surface area contributed by atoms with Gasteiger partial charge < -0.3 is 25.4 Å². The van der Waals surface area contributed by atoms with E-state index in [1.165, 1.54) is 29.1 Å². The van der Waals surface area contributed by atoms with Crippen LogP contribution in [0.5, 0.6) is 0 Å². The Morgan fingerprint density at radius 3 is 2.41 bits per heavy atom. The molecule has 2 aliphatic rings. The van der Waals surface area contributed by atoms with Gasteiger partial charge in [-0.2, -0.15) is 13.2 Å². The van der Waals surface area contributed by atoms with Crippen LogP contribution in [0, 0.1) is 5.92 Å². The number of pyridine rings is 1. The molecule has 5 aromatic rings. The van der Waals surface area contributed by atoms with Crippen molar-refractivity contribution in [1.82, 2.24) is 29.7 Å². The van der Waals surface area contributed by atoms with E-state index < -0.39 is 29.3 Å². The Kier molecular flexibility index (Phi) is 13.7. The van der Waals surface area contributed by atoms with Crippen molar-refractivity contribution in [2.75, 3.05) is 57.8 Å². The third-order valence-corrected chi connectivity index (χ3v) is 11.7. The number of hydrogen-bond donors (Lipinski definition) is 3. The molecule has 4 heterocycles. The largest absolute Gasteiger partial charge is 0.433 e. The van der Waals surface area contributed by atoms with Crippen molar-refractivity contribution in [3.63, 3.8) is 0 Å². The van der Waals surface area contributed by atoms with E-state index >= 15 is 0 Å². The van der Waals surface area contributed by atoms with E-state index in [0.29, 0.717) is 62.0 Å². The second kappa shape index (κ2) is 19.1. The highest BCUT2D eigenvalue weighted by atomic mass is 35.5. The summed E-state index contributed by atoms with van der Waals surface area (Å²) in [5.41, 5.74) is -0.738. The molecule has 0 bridgehead atoms. The number of halogens is 4. The molecule has 2 saturated heterocycles. The fraction of sp³-hybridized carbons (Fsp3) is 0.409. The minimum Gasteiger partial charge on any atom is -0.388 e. The van der Waals surface area contributed by atoms with Crippen LogP contribution in [0.1, 0.15) is 53.7 Å². The molecule has 17 heteroatoms. The molecule has 2 aliphatic heterocycles. The molecule has 0 aliphatic carbocycles. The van der Waals surface area contributed by atoms with Crippen LogP contribution < -0.4 is 16.2 Å². The molecule has 3 amide bonds. The Balaban J connectivity index is 0.932. The Morgan fingerprint density at radius 1 is 0.934 bits per heavy atom. The first-order valence-corrected chi connectivity index (χ1v) is 20.7. The lowest BCUT2D eigenvalue weighted by Gasteiger charge is -2.39. The van der Waals surface area contributed by atoms with E-state index in [1.54, 1.807) is 23.1 Å². The lowest BCUT2D eigenvalue weighted by atomic mass is 9.88. The second-order valence-corrected chi connectivity index (χ2v) is 16.1. The molecule has 13 nitrogen and oxygen atoms in total. The van der Waals surface area contributed by atoms with Gasteiger partial charge in [0.25, 0.3) is 11.5 Å². The summed E-state index contributed by atoms with van der Waals surface area (Å²) in [4.78, 5) is 65.2. The number of carbonyl (C=O) groups excluding carboxylic acids is 3. The number of alkyl halides is 3. The first kappa shape index (κ1) is 43.7. The van der Waals surface area contributed by atoms with Gasteiger partial charge in [0.15, 0.2) is 0 Å². The molecule has 61 heavy (non-hydrogen) atoms. The molecule has 2 aromatic heterocycles. The number of likely N-dealkylation sites (tertiary alicyclic amines) is 1. The number of anilines is 1. The quantitative estimate of drug-likeness (QED) is 0.119. The number of benzene rings is 3. The Hall–Kier alpha value is -5.42. The molecule has 322 valence electrons. The molecule has 2 fully saturated rings. The summed E-state index contributed by atoms with van der Waals surface area (Å²) in [6.45, 7) is 4.29. The normalized spacial score (nSPS) is 16.4. The van der Waals surface area contributed by atoms with Crippen LogP contribution in [0.15, 0.2) is 83.9 Å². The van der Waals surface area contributed by atoms with E-state index in [0.717, 1.165) is 24.7 Å². The molecule has 1 unspecified atom stereocenters. The van der Waals surface area contributed by atoms with Gasteiger partial charge in [-0.05, 0) is 74.1 Å². The van der Waals surface area contributed by atoms with Crippen molar-refractivity contribution >= 4 is 56.8 Å². The first-order chi connectivity index (χ1) is 29.2. The predicted octanol–water partition coefficient (Wildman–Crippen LogP) is 5.70. The zero-order valence-electron chi connectivity index (χ0n) is 33.4. The average molecular weight is 862 g/mol. The number of ether oxygens (including phenoxy) is 1. The molecule has 1 atom stereocenters. The van der Waals surface area contributed by atoms with Crippen molar-refractivity contribution in [2.45, 2.75) is 56.8 Å². The van der Waals surface area contributed by atoms with Gasteiger partial charge in [0.1, 0.15) is 5.69 Å². The van der Waals surface area contributed by atoms with Gasteiger partial charge >= 0.3 is 6.18 Å². The number of aliphatic hydroxyl groups is 1. The van der Waals surface area contributed by atoms with Crippen molar-refractivity contribution in [3.8, 4) is 0 Å². The highest BCUT2D eigenvalue weighted by Gasteiger charge is 2.37. The van der Waals surface area contributed by atoms with Crippen LogP contribution in [0.2, 0.25) is 5.02 Å². The summed E-state index contributed by atoms with van der Waals surface area (Å²) < 4.78 is 46.7.